The van der Waals surface area contributed by atoms with Gasteiger partial charge in [0.15, 0.2) is 0 Å². The number of fused-ring (bicyclic) bond motifs is 13. The molecule has 1 fully saturated rings. The van der Waals surface area contributed by atoms with Gasteiger partial charge in [-0.15, -0.1) is 0 Å². The molecule has 184 valence electrons. The number of rotatable bonds is 3. The van der Waals surface area contributed by atoms with Gasteiger partial charge in [-0.1, -0.05) is 36.4 Å². The number of ether oxygens (including phenoxy) is 1. The Balaban J connectivity index is 1.63. The highest BCUT2D eigenvalue weighted by Crippen LogP contribution is 2.56. The summed E-state index contributed by atoms with van der Waals surface area (Å²) < 4.78 is 9.90. The molecule has 2 bridgehead atoms. The number of para-hydroxylation sites is 2. The minimum atomic E-state index is -1.29. The van der Waals surface area contributed by atoms with Crippen molar-refractivity contribution in [1.29, 1.82) is 0 Å². The molecule has 2 aliphatic heterocycles. The second-order valence-corrected chi connectivity index (χ2v) is 10.3. The number of nitrogens with one attached hydrogen (secondary N) is 1. The Morgan fingerprint density at radius 3 is 2.14 bits per heavy atom. The van der Waals surface area contributed by atoms with Gasteiger partial charge < -0.3 is 25.3 Å². The number of amides is 2. The van der Waals surface area contributed by atoms with Crippen molar-refractivity contribution < 1.29 is 19.1 Å². The smallest absolute Gasteiger partial charge is 0.328 e. The lowest BCUT2D eigenvalue weighted by Crippen LogP contribution is -2.53. The first kappa shape index (κ1) is 20.9. The van der Waals surface area contributed by atoms with Crippen LogP contribution in [0.15, 0.2) is 48.5 Å². The van der Waals surface area contributed by atoms with E-state index in [1.165, 1.54) is 0 Å². The molecule has 37 heavy (non-hydrogen) atoms. The number of carbonyl (C=O) groups excluding carboxylic acids is 3. The summed E-state index contributed by atoms with van der Waals surface area (Å²) in [7, 11) is 0. The van der Waals surface area contributed by atoms with Crippen LogP contribution in [-0.4, -0.2) is 45.6 Å². The second-order valence-electron chi connectivity index (χ2n) is 10.3. The van der Waals surface area contributed by atoms with E-state index in [9.17, 15) is 14.4 Å². The van der Waals surface area contributed by atoms with Gasteiger partial charge in [0.05, 0.1) is 28.2 Å². The molecular formula is C28H23N5O4. The summed E-state index contributed by atoms with van der Waals surface area (Å²) in [5, 5.41) is 5.77. The van der Waals surface area contributed by atoms with E-state index in [0.717, 1.165) is 43.6 Å². The average Bonchev–Trinajstić information content (AvgIpc) is 3.57. The Morgan fingerprint density at radius 2 is 1.51 bits per heavy atom. The zero-order valence-electron chi connectivity index (χ0n) is 19.8. The van der Waals surface area contributed by atoms with Gasteiger partial charge in [0.25, 0.3) is 11.8 Å². The summed E-state index contributed by atoms with van der Waals surface area (Å²) >= 11 is 0. The summed E-state index contributed by atoms with van der Waals surface area (Å²) in [4.78, 5) is 40.0. The Labute approximate surface area is 209 Å². The molecule has 3 aliphatic rings. The fourth-order valence-electron chi connectivity index (χ4n) is 7.25. The standard InChI is InChI=1S/C28H23N5O4/c29-9-10-37-27(36)28(30)12-13-11-18(28)33-17-8-4-2-6-15(17)20-22-21(25(34)31-26(22)35)19-14-5-1-3-7-16(14)32(13)23(19)24(20)33/h1-8,13,18H,9-12,29-30H2,(H,31,34,35)/t13-,18?,28-/m0/s1. The molecule has 4 heterocycles. The predicted molar refractivity (Wildman–Crippen MR) is 138 cm³/mol. The Morgan fingerprint density at radius 1 is 0.946 bits per heavy atom. The van der Waals surface area contributed by atoms with Crippen molar-refractivity contribution in [3.8, 4) is 0 Å². The van der Waals surface area contributed by atoms with Crippen molar-refractivity contribution in [2.75, 3.05) is 13.2 Å². The van der Waals surface area contributed by atoms with E-state index in [1.807, 2.05) is 48.5 Å². The van der Waals surface area contributed by atoms with Crippen LogP contribution in [0.25, 0.3) is 43.6 Å². The molecule has 9 nitrogen and oxygen atoms in total. The zero-order chi connectivity index (χ0) is 25.2. The van der Waals surface area contributed by atoms with E-state index < -0.39 is 23.5 Å². The third-order valence-electron chi connectivity index (χ3n) is 8.55. The monoisotopic (exact) mass is 493 g/mol. The summed E-state index contributed by atoms with van der Waals surface area (Å²) in [5.74, 6) is -1.26. The predicted octanol–water partition coefficient (Wildman–Crippen LogP) is 2.88. The van der Waals surface area contributed by atoms with Crippen LogP contribution in [0, 0.1) is 0 Å². The SMILES string of the molecule is NCCOC(=O)[C@]1(N)C[C@@H]2CC1n1c3ccccc3c3c4c(c5c6ccccc6n2c5c31)C(=O)NC4=O. The largest absolute Gasteiger partial charge is 0.463 e. The lowest BCUT2D eigenvalue weighted by Gasteiger charge is -2.32. The number of imide groups is 1. The first-order valence-electron chi connectivity index (χ1n) is 12.5. The summed E-state index contributed by atoms with van der Waals surface area (Å²) in [6.45, 7) is 0.313. The highest BCUT2D eigenvalue weighted by Gasteiger charge is 2.55. The normalized spacial score (nSPS) is 23.9. The van der Waals surface area contributed by atoms with Crippen molar-refractivity contribution in [2.45, 2.75) is 30.5 Å². The quantitative estimate of drug-likeness (QED) is 0.261. The molecule has 5 N–H and O–H groups in total. The molecule has 5 aromatic rings. The average molecular weight is 494 g/mol. The fraction of sp³-hybridized carbons (Fsp3) is 0.250. The van der Waals surface area contributed by atoms with Crippen LogP contribution in [0.5, 0.6) is 0 Å². The molecule has 0 spiro atoms. The Kier molecular flexibility index (Phi) is 3.82. The van der Waals surface area contributed by atoms with Crippen molar-refractivity contribution in [3.63, 3.8) is 0 Å². The molecule has 2 amide bonds. The fourth-order valence-corrected chi connectivity index (χ4v) is 7.25. The van der Waals surface area contributed by atoms with Crippen molar-refractivity contribution in [2.24, 2.45) is 11.5 Å². The van der Waals surface area contributed by atoms with Gasteiger partial charge in [0.1, 0.15) is 12.1 Å². The van der Waals surface area contributed by atoms with E-state index in [2.05, 4.69) is 14.5 Å². The summed E-state index contributed by atoms with van der Waals surface area (Å²) in [6, 6.07) is 15.2. The summed E-state index contributed by atoms with van der Waals surface area (Å²) in [6.07, 6.45) is 0.986. The van der Waals surface area contributed by atoms with Crippen LogP contribution in [0.4, 0.5) is 0 Å². The molecule has 8 rings (SSSR count). The van der Waals surface area contributed by atoms with Gasteiger partial charge in [-0.3, -0.25) is 14.9 Å². The second kappa shape index (κ2) is 6.76. The van der Waals surface area contributed by atoms with Gasteiger partial charge in [-0.25, -0.2) is 4.79 Å². The van der Waals surface area contributed by atoms with Gasteiger partial charge in [-0.05, 0) is 25.0 Å². The molecule has 1 saturated carbocycles. The molecule has 0 radical (unpaired) electrons. The van der Waals surface area contributed by atoms with Crippen molar-refractivity contribution in [1.82, 2.24) is 14.5 Å². The number of nitrogens with zero attached hydrogens (tertiary/aromatic N) is 2. The van der Waals surface area contributed by atoms with Gasteiger partial charge in [0.2, 0.25) is 0 Å². The third-order valence-corrected chi connectivity index (χ3v) is 8.55. The molecule has 3 aromatic carbocycles. The van der Waals surface area contributed by atoms with E-state index in [1.54, 1.807) is 0 Å². The number of hydrogen-bond donors (Lipinski definition) is 3. The lowest BCUT2D eigenvalue weighted by molar-refractivity contribution is -0.151. The zero-order valence-corrected chi connectivity index (χ0v) is 19.8. The highest BCUT2D eigenvalue weighted by atomic mass is 16.5. The van der Waals surface area contributed by atoms with Crippen molar-refractivity contribution in [3.05, 3.63) is 59.7 Å². The van der Waals surface area contributed by atoms with E-state index >= 15 is 0 Å². The molecular weight excluding hydrogens is 470 g/mol. The summed E-state index contributed by atoms with van der Waals surface area (Å²) in [5.41, 5.74) is 15.7. The van der Waals surface area contributed by atoms with Crippen LogP contribution in [0.1, 0.15) is 45.6 Å². The highest BCUT2D eigenvalue weighted by molar-refractivity contribution is 6.39. The lowest BCUT2D eigenvalue weighted by atomic mass is 9.92. The topological polar surface area (TPSA) is 134 Å². The molecule has 1 unspecified atom stereocenters. The maximum Gasteiger partial charge on any atom is 0.328 e. The third kappa shape index (κ3) is 2.30. The minimum absolute atomic E-state index is 0.0973. The Bertz CT molecular complexity index is 1900. The van der Waals surface area contributed by atoms with E-state index in [-0.39, 0.29) is 25.1 Å². The van der Waals surface area contributed by atoms with Crippen LogP contribution >= 0.6 is 0 Å². The van der Waals surface area contributed by atoms with E-state index in [0.29, 0.717) is 24.0 Å². The molecule has 1 aliphatic carbocycles. The number of nitrogens with two attached hydrogens (primary N) is 2. The van der Waals surface area contributed by atoms with Crippen LogP contribution in [0.2, 0.25) is 0 Å². The number of aromatic nitrogens is 2. The number of hydrogen-bond acceptors (Lipinski definition) is 6. The molecule has 9 heteroatoms. The van der Waals surface area contributed by atoms with Crippen molar-refractivity contribution >= 4 is 61.4 Å². The maximum absolute atomic E-state index is 13.5. The minimum Gasteiger partial charge on any atom is -0.463 e. The first-order valence-corrected chi connectivity index (χ1v) is 12.5. The first-order chi connectivity index (χ1) is 18.0. The van der Waals surface area contributed by atoms with E-state index in [4.69, 9.17) is 16.2 Å². The number of esters is 1. The molecule has 2 aromatic heterocycles. The van der Waals surface area contributed by atoms with Crippen LogP contribution in [0.3, 0.4) is 0 Å². The molecule has 3 atom stereocenters. The molecule has 0 saturated heterocycles. The van der Waals surface area contributed by atoms with Gasteiger partial charge in [-0.2, -0.15) is 0 Å². The van der Waals surface area contributed by atoms with Gasteiger partial charge in [0, 0.05) is 45.2 Å². The number of carbonyl (C=O) groups is 3. The van der Waals surface area contributed by atoms with Crippen LogP contribution in [-0.2, 0) is 9.53 Å². The Hall–Kier alpha value is -4.21. The number of benzene rings is 3. The maximum atomic E-state index is 13.5. The van der Waals surface area contributed by atoms with Crippen LogP contribution < -0.4 is 16.8 Å². The van der Waals surface area contributed by atoms with Gasteiger partial charge >= 0.3 is 5.97 Å².